The predicted octanol–water partition coefficient (Wildman–Crippen LogP) is 15.0. The molecule has 1 heterocycles. The molecule has 2 nitrogen and oxygen atoms in total. The van der Waals surface area contributed by atoms with Crippen molar-refractivity contribution in [3.63, 3.8) is 0 Å². The Morgan fingerprint density at radius 2 is 1.00 bits per heavy atom. The summed E-state index contributed by atoms with van der Waals surface area (Å²) in [5.74, 6) is 0. The molecule has 10 rings (SSSR count). The van der Waals surface area contributed by atoms with Crippen molar-refractivity contribution >= 4 is 60.5 Å². The maximum Gasteiger partial charge on any atom is 0.143 e. The summed E-state index contributed by atoms with van der Waals surface area (Å²) >= 11 is 0. The third-order valence-corrected chi connectivity index (χ3v) is 10.7. The molecular formula is C52H37NO. The van der Waals surface area contributed by atoms with Crippen LogP contribution in [0, 0.1) is 13.8 Å². The van der Waals surface area contributed by atoms with Crippen LogP contribution in [0.5, 0.6) is 0 Å². The van der Waals surface area contributed by atoms with Gasteiger partial charge in [-0.15, -0.1) is 0 Å². The number of nitrogens with zero attached hydrogens (tertiary/aromatic N) is 1. The Bertz CT molecular complexity index is 3000. The lowest BCUT2D eigenvalue weighted by Crippen LogP contribution is -2.11. The topological polar surface area (TPSA) is 16.4 Å². The van der Waals surface area contributed by atoms with Crippen LogP contribution in [0.1, 0.15) is 11.1 Å². The van der Waals surface area contributed by atoms with Crippen molar-refractivity contribution in [3.05, 3.63) is 199 Å². The lowest BCUT2D eigenvalue weighted by Gasteiger charge is -2.28. The Hall–Kier alpha value is -6.90. The number of benzene rings is 9. The number of para-hydroxylation sites is 1. The Balaban J connectivity index is 1.12. The SMILES string of the molecule is Cc1ccc2oc3c(-c4ccc(N(c5ccc(-c6ccc7ccccc7c6)cc5)c5ccccc5-c5cccc6ccccc56)cc4)cc(C)cc3c2c1. The van der Waals surface area contributed by atoms with E-state index < -0.39 is 0 Å². The van der Waals surface area contributed by atoms with Gasteiger partial charge >= 0.3 is 0 Å². The van der Waals surface area contributed by atoms with Crippen LogP contribution in [0.15, 0.2) is 192 Å². The van der Waals surface area contributed by atoms with Gasteiger partial charge in [0.25, 0.3) is 0 Å². The molecule has 0 aliphatic rings. The van der Waals surface area contributed by atoms with E-state index in [-0.39, 0.29) is 0 Å². The molecule has 0 atom stereocenters. The highest BCUT2D eigenvalue weighted by Gasteiger charge is 2.20. The summed E-state index contributed by atoms with van der Waals surface area (Å²) in [7, 11) is 0. The molecule has 0 saturated heterocycles. The average Bonchev–Trinajstić information content (AvgIpc) is 3.58. The summed E-state index contributed by atoms with van der Waals surface area (Å²) in [5, 5.41) is 7.28. The van der Waals surface area contributed by atoms with E-state index in [2.05, 4.69) is 207 Å². The predicted molar refractivity (Wildman–Crippen MR) is 229 cm³/mol. The number of fused-ring (bicyclic) bond motifs is 5. The second-order valence-electron chi connectivity index (χ2n) is 14.3. The Morgan fingerprint density at radius 3 is 1.81 bits per heavy atom. The second kappa shape index (κ2) is 12.9. The van der Waals surface area contributed by atoms with Crippen LogP contribution >= 0.6 is 0 Å². The van der Waals surface area contributed by atoms with E-state index in [9.17, 15) is 0 Å². The first kappa shape index (κ1) is 31.8. The minimum atomic E-state index is 0.919. The molecule has 0 unspecified atom stereocenters. The maximum atomic E-state index is 6.53. The molecule has 0 amide bonds. The van der Waals surface area contributed by atoms with Crippen molar-refractivity contribution in [2.24, 2.45) is 0 Å². The Morgan fingerprint density at radius 1 is 0.370 bits per heavy atom. The third-order valence-electron chi connectivity index (χ3n) is 10.7. The van der Waals surface area contributed by atoms with E-state index in [4.69, 9.17) is 4.42 Å². The summed E-state index contributed by atoms with van der Waals surface area (Å²) in [5.41, 5.74) is 14.6. The number of hydrogen-bond donors (Lipinski definition) is 0. The van der Waals surface area contributed by atoms with Crippen LogP contribution in [-0.2, 0) is 0 Å². The van der Waals surface area contributed by atoms with Crippen LogP contribution in [-0.4, -0.2) is 0 Å². The van der Waals surface area contributed by atoms with Gasteiger partial charge < -0.3 is 9.32 Å². The number of hydrogen-bond acceptors (Lipinski definition) is 2. The molecule has 256 valence electrons. The van der Waals surface area contributed by atoms with Crippen LogP contribution in [0.4, 0.5) is 17.1 Å². The first-order chi connectivity index (χ1) is 26.6. The van der Waals surface area contributed by atoms with E-state index in [1.165, 1.54) is 54.9 Å². The average molecular weight is 692 g/mol. The molecular weight excluding hydrogens is 655 g/mol. The van der Waals surface area contributed by atoms with Crippen molar-refractivity contribution in [2.75, 3.05) is 4.90 Å². The molecule has 0 aliphatic carbocycles. The molecule has 1 aromatic heterocycles. The molecule has 0 fully saturated rings. The minimum absolute atomic E-state index is 0.919. The largest absolute Gasteiger partial charge is 0.455 e. The molecule has 54 heavy (non-hydrogen) atoms. The zero-order chi connectivity index (χ0) is 36.2. The number of anilines is 3. The summed E-state index contributed by atoms with van der Waals surface area (Å²) in [6.45, 7) is 4.30. The number of furan rings is 1. The number of aryl methyl sites for hydroxylation is 2. The van der Waals surface area contributed by atoms with Gasteiger partial charge in [-0.05, 0) is 124 Å². The third kappa shape index (κ3) is 5.52. The summed E-state index contributed by atoms with van der Waals surface area (Å²) < 4.78 is 6.53. The zero-order valence-electron chi connectivity index (χ0n) is 30.3. The van der Waals surface area contributed by atoms with E-state index in [0.29, 0.717) is 0 Å². The minimum Gasteiger partial charge on any atom is -0.455 e. The summed E-state index contributed by atoms with van der Waals surface area (Å²) in [4.78, 5) is 2.39. The summed E-state index contributed by atoms with van der Waals surface area (Å²) in [6.07, 6.45) is 0. The van der Waals surface area contributed by atoms with E-state index in [1.807, 2.05) is 0 Å². The highest BCUT2D eigenvalue weighted by Crippen LogP contribution is 2.44. The quantitative estimate of drug-likeness (QED) is 0.173. The fraction of sp³-hybridized carbons (Fsp3) is 0.0385. The zero-order valence-corrected chi connectivity index (χ0v) is 30.3. The van der Waals surface area contributed by atoms with Crippen LogP contribution in [0.2, 0.25) is 0 Å². The monoisotopic (exact) mass is 691 g/mol. The first-order valence-electron chi connectivity index (χ1n) is 18.6. The van der Waals surface area contributed by atoms with Gasteiger partial charge in [0.2, 0.25) is 0 Å². The highest BCUT2D eigenvalue weighted by molar-refractivity contribution is 6.10. The van der Waals surface area contributed by atoms with Crippen molar-refractivity contribution in [1.82, 2.24) is 0 Å². The number of rotatable bonds is 6. The van der Waals surface area contributed by atoms with Crippen molar-refractivity contribution in [2.45, 2.75) is 13.8 Å². The molecule has 0 bridgehead atoms. The molecule has 2 heteroatoms. The molecule has 0 saturated carbocycles. The van der Waals surface area contributed by atoms with Crippen molar-refractivity contribution in [3.8, 4) is 33.4 Å². The molecule has 0 aliphatic heterocycles. The van der Waals surface area contributed by atoms with Gasteiger partial charge in [-0.3, -0.25) is 0 Å². The lowest BCUT2D eigenvalue weighted by molar-refractivity contribution is 0.670. The highest BCUT2D eigenvalue weighted by atomic mass is 16.3. The first-order valence-corrected chi connectivity index (χ1v) is 18.6. The maximum absolute atomic E-state index is 6.53. The molecule has 0 radical (unpaired) electrons. The van der Waals surface area contributed by atoms with Crippen LogP contribution in [0.3, 0.4) is 0 Å². The smallest absolute Gasteiger partial charge is 0.143 e. The fourth-order valence-electron chi connectivity index (χ4n) is 8.10. The van der Waals surface area contributed by atoms with Gasteiger partial charge in [0.05, 0.1) is 5.69 Å². The Kier molecular flexibility index (Phi) is 7.63. The van der Waals surface area contributed by atoms with E-state index >= 15 is 0 Å². The molecule has 0 spiro atoms. The molecule has 9 aromatic carbocycles. The van der Waals surface area contributed by atoms with E-state index in [1.54, 1.807) is 0 Å². The Labute approximate surface area is 315 Å². The standard InChI is InChI=1S/C52H37NO/c1-34-18-29-51-48(30-34)49-32-35(2)31-47(52(49)54-51)39-23-27-43(28-24-39)53(42-25-21-37(22-26-42)41-20-19-36-10-3-4-12-40(36)33-41)50-17-8-7-15-46(50)45-16-9-13-38-11-5-6-14-44(38)45/h3-33H,1-2H3. The second-order valence-corrected chi connectivity index (χ2v) is 14.3. The van der Waals surface area contributed by atoms with Gasteiger partial charge in [-0.1, -0.05) is 133 Å². The van der Waals surface area contributed by atoms with Gasteiger partial charge in [0, 0.05) is 33.3 Å². The van der Waals surface area contributed by atoms with Crippen molar-refractivity contribution in [1.29, 1.82) is 0 Å². The fourth-order valence-corrected chi connectivity index (χ4v) is 8.10. The van der Waals surface area contributed by atoms with Crippen LogP contribution < -0.4 is 4.90 Å². The molecule has 0 N–H and O–H groups in total. The summed E-state index contributed by atoms with van der Waals surface area (Å²) in [6, 6.07) is 68.1. The van der Waals surface area contributed by atoms with Gasteiger partial charge in [-0.25, -0.2) is 0 Å². The van der Waals surface area contributed by atoms with Crippen LogP contribution in [0.25, 0.3) is 76.9 Å². The molecule has 10 aromatic rings. The van der Waals surface area contributed by atoms with E-state index in [0.717, 1.165) is 50.1 Å². The normalized spacial score (nSPS) is 11.5. The van der Waals surface area contributed by atoms with Crippen molar-refractivity contribution < 1.29 is 4.42 Å². The lowest BCUT2D eigenvalue weighted by atomic mass is 9.95. The van der Waals surface area contributed by atoms with Gasteiger partial charge in [-0.2, -0.15) is 0 Å². The van der Waals surface area contributed by atoms with Gasteiger partial charge in [0.15, 0.2) is 0 Å². The van der Waals surface area contributed by atoms with Gasteiger partial charge in [0.1, 0.15) is 11.2 Å².